The normalized spacial score (nSPS) is 12.9. The minimum absolute atomic E-state index is 0.0441. The van der Waals surface area contributed by atoms with Crippen LogP contribution in [0.5, 0.6) is 0 Å². The molecule has 0 amide bonds. The number of rotatable bonds is 7. The first-order chi connectivity index (χ1) is 13.1. The first kappa shape index (κ1) is 19.8. The van der Waals surface area contributed by atoms with E-state index in [1.54, 1.807) is 24.7 Å². The van der Waals surface area contributed by atoms with Gasteiger partial charge in [0.05, 0.1) is 11.9 Å². The maximum Gasteiger partial charge on any atom is 0.226 e. The summed E-state index contributed by atoms with van der Waals surface area (Å²) in [7, 11) is 1.85. The van der Waals surface area contributed by atoms with Crippen LogP contribution in [0.1, 0.15) is 32.8 Å². The lowest BCUT2D eigenvalue weighted by atomic mass is 10.0. The minimum Gasteiger partial charge on any atom is -0.398 e. The quantitative estimate of drug-likeness (QED) is 0.461. The largest absolute Gasteiger partial charge is 0.398 e. The lowest BCUT2D eigenvalue weighted by Gasteiger charge is -2.23. The molecular weight excluding hydrogens is 361 g/mol. The molecule has 2 aromatic heterocycles. The van der Waals surface area contributed by atoms with Gasteiger partial charge in [-0.3, -0.25) is 0 Å². The van der Waals surface area contributed by atoms with Crippen molar-refractivity contribution in [1.29, 1.82) is 0 Å². The van der Waals surface area contributed by atoms with Gasteiger partial charge >= 0.3 is 0 Å². The van der Waals surface area contributed by atoms with E-state index in [1.807, 2.05) is 14.0 Å². The molecule has 0 aliphatic heterocycles. The summed E-state index contributed by atoms with van der Waals surface area (Å²) in [4.78, 5) is 13.4. The van der Waals surface area contributed by atoms with Gasteiger partial charge in [0.1, 0.15) is 5.82 Å². The number of nitrogens with zero attached hydrogens (tertiary/aromatic N) is 4. The zero-order valence-electron chi connectivity index (χ0n) is 16.5. The zero-order valence-corrected chi connectivity index (χ0v) is 16.5. The van der Waals surface area contributed by atoms with Crippen LogP contribution in [0.25, 0.3) is 11.2 Å². The number of nitrogens with two attached hydrogens (primary N) is 1. The highest BCUT2D eigenvalue weighted by molar-refractivity contribution is 5.84. The van der Waals surface area contributed by atoms with E-state index in [9.17, 15) is 9.50 Å². The maximum atomic E-state index is 13.5. The summed E-state index contributed by atoms with van der Waals surface area (Å²) >= 11 is 0. The van der Waals surface area contributed by atoms with Crippen molar-refractivity contribution >= 4 is 28.6 Å². The van der Waals surface area contributed by atoms with E-state index in [2.05, 4.69) is 25.6 Å². The van der Waals surface area contributed by atoms with Gasteiger partial charge in [0, 0.05) is 25.3 Å². The summed E-state index contributed by atoms with van der Waals surface area (Å²) < 4.78 is 15.3. The molecule has 8 nitrogen and oxygen atoms in total. The fraction of sp³-hybridized carbons (Fsp3) is 0.421. The van der Waals surface area contributed by atoms with Crippen molar-refractivity contribution in [2.45, 2.75) is 45.4 Å². The number of anilines is 3. The van der Waals surface area contributed by atoms with Crippen LogP contribution >= 0.6 is 0 Å². The Kier molecular flexibility index (Phi) is 5.37. The molecule has 9 heteroatoms. The predicted molar refractivity (Wildman–Crippen MR) is 108 cm³/mol. The molecule has 0 saturated heterocycles. The number of nitrogen functional groups attached to an aromatic ring is 1. The highest BCUT2D eigenvalue weighted by Crippen LogP contribution is 2.23. The van der Waals surface area contributed by atoms with Gasteiger partial charge in [-0.05, 0) is 51.0 Å². The van der Waals surface area contributed by atoms with Crippen molar-refractivity contribution in [3.05, 3.63) is 35.9 Å². The fourth-order valence-electron chi connectivity index (χ4n) is 3.12. The fourth-order valence-corrected chi connectivity index (χ4v) is 3.12. The van der Waals surface area contributed by atoms with Gasteiger partial charge in [0.15, 0.2) is 17.0 Å². The van der Waals surface area contributed by atoms with Crippen molar-refractivity contribution < 1.29 is 9.50 Å². The van der Waals surface area contributed by atoms with E-state index in [0.29, 0.717) is 47.1 Å². The Bertz CT molecular complexity index is 980. The Labute approximate surface area is 163 Å². The Morgan fingerprint density at radius 3 is 2.79 bits per heavy atom. The highest BCUT2D eigenvalue weighted by Gasteiger charge is 2.19. The van der Waals surface area contributed by atoms with Crippen molar-refractivity contribution in [3.63, 3.8) is 0 Å². The number of aryl methyl sites for hydroxylation is 1. The smallest absolute Gasteiger partial charge is 0.226 e. The summed E-state index contributed by atoms with van der Waals surface area (Å²) in [5.41, 5.74) is 7.52. The summed E-state index contributed by atoms with van der Waals surface area (Å²) in [6, 6.07) is 4.21. The van der Waals surface area contributed by atoms with Crippen LogP contribution in [0.15, 0.2) is 24.5 Å². The molecule has 150 valence electrons. The number of benzene rings is 1. The molecule has 0 fully saturated rings. The molecule has 28 heavy (non-hydrogen) atoms. The van der Waals surface area contributed by atoms with Crippen molar-refractivity contribution in [2.24, 2.45) is 7.05 Å². The first-order valence-electron chi connectivity index (χ1n) is 9.08. The molecule has 0 spiro atoms. The molecule has 2 heterocycles. The maximum absolute atomic E-state index is 13.5. The van der Waals surface area contributed by atoms with Gasteiger partial charge in [-0.25, -0.2) is 9.37 Å². The second kappa shape index (κ2) is 7.59. The first-order valence-corrected chi connectivity index (χ1v) is 9.08. The van der Waals surface area contributed by atoms with Gasteiger partial charge in [-0.2, -0.15) is 9.97 Å². The Morgan fingerprint density at radius 1 is 1.32 bits per heavy atom. The third kappa shape index (κ3) is 4.66. The number of fused-ring (bicyclic) bond motifs is 1. The van der Waals surface area contributed by atoms with Crippen LogP contribution < -0.4 is 16.4 Å². The van der Waals surface area contributed by atoms with Gasteiger partial charge in [0.2, 0.25) is 5.95 Å². The molecule has 0 radical (unpaired) electrons. The molecule has 0 aliphatic rings. The Balaban J connectivity index is 1.87. The van der Waals surface area contributed by atoms with Crippen LogP contribution in [-0.4, -0.2) is 36.3 Å². The molecule has 1 aromatic carbocycles. The van der Waals surface area contributed by atoms with Crippen LogP contribution in [-0.2, 0) is 13.6 Å². The average molecular weight is 387 g/mol. The number of halogens is 1. The number of hydrogen-bond donors (Lipinski definition) is 4. The highest BCUT2D eigenvalue weighted by atomic mass is 19.1. The minimum atomic E-state index is -0.807. The second-order valence-electron chi connectivity index (χ2n) is 7.68. The van der Waals surface area contributed by atoms with Gasteiger partial charge in [0.25, 0.3) is 0 Å². The van der Waals surface area contributed by atoms with Crippen molar-refractivity contribution in [1.82, 2.24) is 19.5 Å². The zero-order chi connectivity index (χ0) is 20.5. The number of aromatic nitrogens is 4. The monoisotopic (exact) mass is 387 g/mol. The molecule has 3 rings (SSSR count). The van der Waals surface area contributed by atoms with E-state index in [-0.39, 0.29) is 11.9 Å². The Hall–Kier alpha value is -2.94. The van der Waals surface area contributed by atoms with E-state index in [1.165, 1.54) is 18.2 Å². The molecule has 3 aromatic rings. The number of imidazole rings is 1. The molecular formula is C19H26FN7O. The summed E-state index contributed by atoms with van der Waals surface area (Å²) in [6.45, 7) is 5.76. The van der Waals surface area contributed by atoms with E-state index < -0.39 is 5.60 Å². The van der Waals surface area contributed by atoms with Gasteiger partial charge in [-0.15, -0.1) is 0 Å². The number of nitrogens with one attached hydrogen (secondary N) is 2. The van der Waals surface area contributed by atoms with Crippen LogP contribution in [0.2, 0.25) is 0 Å². The second-order valence-corrected chi connectivity index (χ2v) is 7.68. The molecule has 0 saturated carbocycles. The van der Waals surface area contributed by atoms with Crippen molar-refractivity contribution in [3.8, 4) is 0 Å². The molecule has 0 bridgehead atoms. The molecule has 1 atom stereocenters. The third-order valence-electron chi connectivity index (χ3n) is 4.29. The summed E-state index contributed by atoms with van der Waals surface area (Å²) in [6.07, 6.45) is 2.19. The van der Waals surface area contributed by atoms with Crippen molar-refractivity contribution in [2.75, 3.05) is 16.4 Å². The van der Waals surface area contributed by atoms with Gasteiger partial charge in [-0.1, -0.05) is 0 Å². The number of hydrogen-bond acceptors (Lipinski definition) is 7. The van der Waals surface area contributed by atoms with Crippen LogP contribution in [0.3, 0.4) is 0 Å². The third-order valence-corrected chi connectivity index (χ3v) is 4.29. The van der Waals surface area contributed by atoms with Crippen LogP contribution in [0, 0.1) is 5.82 Å². The van der Waals surface area contributed by atoms with Crippen LogP contribution in [0.4, 0.5) is 21.8 Å². The average Bonchev–Trinajstić information content (AvgIpc) is 2.95. The van der Waals surface area contributed by atoms with Gasteiger partial charge < -0.3 is 26.0 Å². The lowest BCUT2D eigenvalue weighted by molar-refractivity contribution is 0.0672. The van der Waals surface area contributed by atoms with E-state index >= 15 is 0 Å². The Morgan fingerprint density at radius 2 is 2.07 bits per heavy atom. The topological polar surface area (TPSA) is 114 Å². The van der Waals surface area contributed by atoms with E-state index in [4.69, 9.17) is 5.73 Å². The summed E-state index contributed by atoms with van der Waals surface area (Å²) in [5.74, 6) is 0.592. The van der Waals surface area contributed by atoms with E-state index in [0.717, 1.165) is 0 Å². The number of aliphatic hydroxyl groups is 1. The SMILES string of the molecule is CC(CC(C)(C)O)Nc1nc(NCc2cc(F)ccc2N)c2ncn(C)c2n1. The molecule has 0 aliphatic carbocycles. The summed E-state index contributed by atoms with van der Waals surface area (Å²) in [5, 5.41) is 16.4. The predicted octanol–water partition coefficient (Wildman–Crippen LogP) is 2.66. The standard InChI is InChI=1S/C19H26FN7O/c1-11(8-19(2,3)28)24-18-25-16(15-17(26-18)27(4)10-23-15)22-9-12-7-13(20)5-6-14(12)21/h5-7,10-11,28H,8-9,21H2,1-4H3,(H2,22,24,25,26). The molecule has 1 unspecified atom stereocenters. The lowest BCUT2D eigenvalue weighted by Crippen LogP contribution is -2.29. The molecule has 5 N–H and O–H groups in total.